The van der Waals surface area contributed by atoms with Crippen LogP contribution in [0.5, 0.6) is 5.75 Å². The van der Waals surface area contributed by atoms with E-state index in [1.54, 1.807) is 45.9 Å². The highest BCUT2D eigenvalue weighted by molar-refractivity contribution is 5.95. The molecule has 0 aliphatic carbocycles. The number of nitrogens with one attached hydrogen (secondary N) is 2. The van der Waals surface area contributed by atoms with E-state index in [9.17, 15) is 24.3 Å². The summed E-state index contributed by atoms with van der Waals surface area (Å²) in [4.78, 5) is 52.2. The summed E-state index contributed by atoms with van der Waals surface area (Å²) < 4.78 is 5.22. The molecule has 0 radical (unpaired) electrons. The Labute approximate surface area is 206 Å². The van der Waals surface area contributed by atoms with Gasteiger partial charge in [-0.15, -0.1) is 6.58 Å². The first-order valence-electron chi connectivity index (χ1n) is 11.6. The number of nitrogens with zero attached hydrogens (tertiary/aromatic N) is 1. The quantitative estimate of drug-likeness (QED) is 0.261. The average molecular weight is 491 g/mol. The van der Waals surface area contributed by atoms with Crippen molar-refractivity contribution in [2.24, 2.45) is 5.73 Å². The van der Waals surface area contributed by atoms with Crippen molar-refractivity contribution in [3.05, 3.63) is 42.0 Å². The van der Waals surface area contributed by atoms with Gasteiger partial charge in [0.05, 0.1) is 6.42 Å². The predicted molar refractivity (Wildman–Crippen MR) is 132 cm³/mol. The molecule has 0 heterocycles. The number of benzene rings is 1. The van der Waals surface area contributed by atoms with E-state index >= 15 is 0 Å². The van der Waals surface area contributed by atoms with Gasteiger partial charge in [-0.25, -0.2) is 4.79 Å². The van der Waals surface area contributed by atoms with Gasteiger partial charge >= 0.3 is 6.09 Å². The standard InChI is InChI=1S/C25H38N4O6/c1-7-9-13-27-22(32)20(17-12-10-11-16(3)21(17)31)29(14-8-2)23(33)18(15-19(26)30)28-24(34)35-25(4,5)6/h8,10-12,18,20,31H,2,7,9,13-15H2,1,3-6H3,(H2,26,30)(H,27,32)(H,28,34). The van der Waals surface area contributed by atoms with Crippen molar-refractivity contribution in [3.8, 4) is 5.75 Å². The number of nitrogens with two attached hydrogens (primary N) is 1. The van der Waals surface area contributed by atoms with Crippen LogP contribution in [0, 0.1) is 6.92 Å². The fourth-order valence-corrected chi connectivity index (χ4v) is 3.35. The molecule has 2 unspecified atom stereocenters. The van der Waals surface area contributed by atoms with Crippen LogP contribution in [-0.4, -0.2) is 58.6 Å². The summed E-state index contributed by atoms with van der Waals surface area (Å²) in [7, 11) is 0. The lowest BCUT2D eigenvalue weighted by molar-refractivity contribution is -0.142. The zero-order valence-electron chi connectivity index (χ0n) is 21.2. The molecule has 0 spiro atoms. The van der Waals surface area contributed by atoms with E-state index in [2.05, 4.69) is 17.2 Å². The second-order valence-electron chi connectivity index (χ2n) is 9.21. The van der Waals surface area contributed by atoms with Crippen LogP contribution in [0.1, 0.15) is 64.1 Å². The van der Waals surface area contributed by atoms with E-state index in [1.165, 1.54) is 6.08 Å². The SMILES string of the molecule is C=CCN(C(=O)C(CC(N)=O)NC(=O)OC(C)(C)C)C(C(=O)NCCCC)c1cccc(C)c1O. The fraction of sp³-hybridized carbons (Fsp3) is 0.520. The number of carbonyl (C=O) groups is 4. The molecule has 0 aromatic heterocycles. The Kier molecular flexibility index (Phi) is 11.2. The molecule has 0 fully saturated rings. The molecular weight excluding hydrogens is 452 g/mol. The highest BCUT2D eigenvalue weighted by Crippen LogP contribution is 2.32. The van der Waals surface area contributed by atoms with Crippen LogP contribution < -0.4 is 16.4 Å². The number of primary amides is 1. The number of aryl methyl sites for hydroxylation is 1. The van der Waals surface area contributed by atoms with Gasteiger partial charge in [0, 0.05) is 18.7 Å². The van der Waals surface area contributed by atoms with Crippen LogP contribution in [0.4, 0.5) is 4.79 Å². The Balaban J connectivity index is 3.48. The van der Waals surface area contributed by atoms with E-state index in [0.717, 1.165) is 17.7 Å². The van der Waals surface area contributed by atoms with Crippen LogP contribution in [0.25, 0.3) is 0 Å². The Hall–Kier alpha value is -3.56. The number of carbonyl (C=O) groups excluding carboxylic acids is 4. The van der Waals surface area contributed by atoms with Crippen molar-refractivity contribution in [1.82, 2.24) is 15.5 Å². The minimum atomic E-state index is -1.40. The number of amides is 4. The van der Waals surface area contributed by atoms with Crippen molar-refractivity contribution in [3.63, 3.8) is 0 Å². The molecule has 4 amide bonds. The molecule has 35 heavy (non-hydrogen) atoms. The minimum Gasteiger partial charge on any atom is -0.507 e. The van der Waals surface area contributed by atoms with Crippen LogP contribution in [0.2, 0.25) is 0 Å². The maximum absolute atomic E-state index is 13.7. The lowest BCUT2D eigenvalue weighted by atomic mass is 9.98. The minimum absolute atomic E-state index is 0.108. The van der Waals surface area contributed by atoms with Crippen LogP contribution >= 0.6 is 0 Å². The molecule has 0 bridgehead atoms. The molecule has 5 N–H and O–H groups in total. The summed E-state index contributed by atoms with van der Waals surface area (Å²) in [5, 5.41) is 15.9. The lowest BCUT2D eigenvalue weighted by Gasteiger charge is -2.34. The molecular formula is C25H38N4O6. The number of unbranched alkanes of at least 4 members (excludes halogenated alkanes) is 1. The van der Waals surface area contributed by atoms with Gasteiger partial charge in [0.15, 0.2) is 0 Å². The second-order valence-corrected chi connectivity index (χ2v) is 9.21. The zero-order valence-corrected chi connectivity index (χ0v) is 21.2. The summed E-state index contributed by atoms with van der Waals surface area (Å²) in [5.41, 5.74) is 5.20. The van der Waals surface area contributed by atoms with Gasteiger partial charge in [0.1, 0.15) is 23.4 Å². The van der Waals surface area contributed by atoms with Crippen LogP contribution in [0.15, 0.2) is 30.9 Å². The monoisotopic (exact) mass is 490 g/mol. The molecule has 0 aliphatic rings. The summed E-state index contributed by atoms with van der Waals surface area (Å²) >= 11 is 0. The van der Waals surface area contributed by atoms with Crippen molar-refractivity contribution in [2.45, 2.75) is 71.6 Å². The number of phenols is 1. The maximum Gasteiger partial charge on any atom is 0.408 e. The molecule has 0 saturated heterocycles. The highest BCUT2D eigenvalue weighted by Gasteiger charge is 2.37. The molecule has 0 saturated carbocycles. The Morgan fingerprint density at radius 1 is 1.26 bits per heavy atom. The van der Waals surface area contributed by atoms with Gasteiger partial charge in [-0.1, -0.05) is 37.6 Å². The van der Waals surface area contributed by atoms with E-state index in [0.29, 0.717) is 12.1 Å². The van der Waals surface area contributed by atoms with Gasteiger partial charge < -0.3 is 31.1 Å². The smallest absolute Gasteiger partial charge is 0.408 e. The molecule has 2 atom stereocenters. The zero-order chi connectivity index (χ0) is 26.8. The summed E-state index contributed by atoms with van der Waals surface area (Å²) in [6.07, 6.45) is 1.54. The number of ether oxygens (including phenoxy) is 1. The number of para-hydroxylation sites is 1. The van der Waals surface area contributed by atoms with Crippen molar-refractivity contribution in [2.75, 3.05) is 13.1 Å². The van der Waals surface area contributed by atoms with Gasteiger partial charge in [-0.2, -0.15) is 0 Å². The summed E-state index contributed by atoms with van der Waals surface area (Å²) in [6, 6.07) is 2.21. The predicted octanol–water partition coefficient (Wildman–Crippen LogP) is 2.44. The fourth-order valence-electron chi connectivity index (χ4n) is 3.35. The molecule has 194 valence electrons. The van der Waals surface area contributed by atoms with E-state index in [4.69, 9.17) is 10.5 Å². The van der Waals surface area contributed by atoms with Gasteiger partial charge in [0.25, 0.3) is 0 Å². The lowest BCUT2D eigenvalue weighted by Crippen LogP contribution is -2.54. The number of hydrogen-bond donors (Lipinski definition) is 4. The largest absolute Gasteiger partial charge is 0.507 e. The molecule has 10 nitrogen and oxygen atoms in total. The Morgan fingerprint density at radius 3 is 2.46 bits per heavy atom. The Morgan fingerprint density at radius 2 is 1.91 bits per heavy atom. The first-order chi connectivity index (χ1) is 16.3. The number of aromatic hydroxyl groups is 1. The number of rotatable bonds is 12. The van der Waals surface area contributed by atoms with Gasteiger partial charge in [-0.3, -0.25) is 14.4 Å². The third-order valence-corrected chi connectivity index (χ3v) is 4.96. The highest BCUT2D eigenvalue weighted by atomic mass is 16.6. The average Bonchev–Trinajstić information content (AvgIpc) is 2.73. The summed E-state index contributed by atoms with van der Waals surface area (Å²) in [6.45, 7) is 12.5. The van der Waals surface area contributed by atoms with Crippen LogP contribution in [-0.2, 0) is 19.1 Å². The van der Waals surface area contributed by atoms with E-state index < -0.39 is 47.9 Å². The van der Waals surface area contributed by atoms with Gasteiger partial charge in [-0.05, 0) is 39.7 Å². The molecule has 1 aromatic rings. The number of phenolic OH excluding ortho intramolecular Hbond substituents is 1. The first-order valence-corrected chi connectivity index (χ1v) is 11.6. The molecule has 10 heteroatoms. The third-order valence-electron chi connectivity index (χ3n) is 4.96. The second kappa shape index (κ2) is 13.4. The van der Waals surface area contributed by atoms with Crippen molar-refractivity contribution in [1.29, 1.82) is 0 Å². The van der Waals surface area contributed by atoms with Gasteiger partial charge in [0.2, 0.25) is 17.7 Å². The number of alkyl carbamates (subject to hydrolysis) is 1. The topological polar surface area (TPSA) is 151 Å². The first kappa shape index (κ1) is 29.5. The summed E-state index contributed by atoms with van der Waals surface area (Å²) in [5.74, 6) is -2.26. The maximum atomic E-state index is 13.7. The van der Waals surface area contributed by atoms with E-state index in [-0.39, 0.29) is 17.9 Å². The third kappa shape index (κ3) is 9.30. The van der Waals surface area contributed by atoms with Crippen molar-refractivity contribution < 1.29 is 29.0 Å². The van der Waals surface area contributed by atoms with Crippen molar-refractivity contribution >= 4 is 23.8 Å². The Bertz CT molecular complexity index is 925. The molecule has 1 rings (SSSR count). The number of hydrogen-bond acceptors (Lipinski definition) is 6. The van der Waals surface area contributed by atoms with E-state index in [1.807, 2.05) is 6.92 Å². The van der Waals surface area contributed by atoms with Crippen LogP contribution in [0.3, 0.4) is 0 Å². The normalized spacial score (nSPS) is 12.7. The molecule has 0 aliphatic heterocycles. The molecule has 1 aromatic carbocycles.